The van der Waals surface area contributed by atoms with Crippen LogP contribution in [-0.4, -0.2) is 6.54 Å². The molecule has 0 saturated heterocycles. The molecule has 0 fully saturated rings. The predicted molar refractivity (Wildman–Crippen MR) is 29.4 cm³/mol. The Morgan fingerprint density at radius 1 is 1.80 bits per heavy atom. The van der Waals surface area contributed by atoms with Gasteiger partial charge in [-0.2, -0.15) is 5.11 Å². The first-order chi connectivity index (χ1) is 2.41. The van der Waals surface area contributed by atoms with Crippen molar-refractivity contribution in [3.63, 3.8) is 0 Å². The summed E-state index contributed by atoms with van der Waals surface area (Å²) in [5, 5.41) is 3.58. The number of rotatable bonds is 1. The van der Waals surface area contributed by atoms with E-state index < -0.39 is 0 Å². The molecule has 0 rings (SSSR count). The van der Waals surface area contributed by atoms with Crippen molar-refractivity contribution in [2.24, 2.45) is 8.44 Å². The van der Waals surface area contributed by atoms with E-state index in [9.17, 15) is 0 Å². The smallest absolute Gasteiger partial charge is 0.111 e. The van der Waals surface area contributed by atoms with Gasteiger partial charge in [0.05, 0.1) is 6.54 Å². The highest BCUT2D eigenvalue weighted by atomic mass is 127. The topological polar surface area (TPSA) is 24.7 Å². The summed E-state index contributed by atoms with van der Waals surface area (Å²) in [5.41, 5.74) is 0. The molecule has 0 radical (unpaired) electrons. The maximum atomic E-state index is 3.58. The zero-order chi connectivity index (χ0) is 4.12. The maximum Gasteiger partial charge on any atom is 0.111 e. The molecule has 0 atom stereocenters. The third-order valence-electron chi connectivity index (χ3n) is 0.195. The van der Waals surface area contributed by atoms with Crippen molar-refractivity contribution in [2.45, 2.75) is 6.92 Å². The first-order valence-electron chi connectivity index (χ1n) is 1.39. The lowest BCUT2D eigenvalue weighted by atomic mass is 10.8. The van der Waals surface area contributed by atoms with Crippen LogP contribution < -0.4 is 0 Å². The van der Waals surface area contributed by atoms with Gasteiger partial charge < -0.3 is 0 Å². The molecule has 5 heavy (non-hydrogen) atoms. The van der Waals surface area contributed by atoms with Crippen LogP contribution in [0.25, 0.3) is 0 Å². The number of nitrogens with zero attached hydrogens (tertiary/aromatic N) is 2. The minimum Gasteiger partial charge on any atom is -0.184 e. The van der Waals surface area contributed by atoms with Gasteiger partial charge in [0.2, 0.25) is 0 Å². The van der Waals surface area contributed by atoms with Crippen LogP contribution in [0.4, 0.5) is 0 Å². The van der Waals surface area contributed by atoms with Gasteiger partial charge in [-0.3, -0.25) is 0 Å². The molecule has 0 aromatic heterocycles. The molecule has 0 aromatic rings. The highest BCUT2D eigenvalue weighted by Crippen LogP contribution is 1.81. The van der Waals surface area contributed by atoms with Crippen LogP contribution in [-0.2, 0) is 0 Å². The van der Waals surface area contributed by atoms with Gasteiger partial charge in [0.25, 0.3) is 0 Å². The van der Waals surface area contributed by atoms with Crippen LogP contribution >= 0.6 is 22.9 Å². The Hall–Kier alpha value is 0.330. The molecular formula is C2H5IN2. The zero-order valence-electron chi connectivity index (χ0n) is 2.98. The largest absolute Gasteiger partial charge is 0.184 e. The van der Waals surface area contributed by atoms with E-state index in [0.29, 0.717) is 0 Å². The van der Waals surface area contributed by atoms with Gasteiger partial charge in [-0.05, 0) is 6.92 Å². The standard InChI is InChI=1S/C2H5IN2/c1-2-4-5-3/h2H2,1H3. The van der Waals surface area contributed by atoms with Gasteiger partial charge in [-0.15, -0.1) is 3.33 Å². The highest BCUT2D eigenvalue weighted by Gasteiger charge is 1.53. The summed E-state index contributed by atoms with van der Waals surface area (Å²) in [5.74, 6) is 0. The van der Waals surface area contributed by atoms with Crippen molar-refractivity contribution in [3.8, 4) is 0 Å². The Morgan fingerprint density at radius 3 is 2.40 bits per heavy atom. The van der Waals surface area contributed by atoms with E-state index in [0.717, 1.165) is 6.54 Å². The molecule has 0 amide bonds. The lowest BCUT2D eigenvalue weighted by Gasteiger charge is -1.64. The third-order valence-corrected chi connectivity index (χ3v) is 0.500. The molecule has 0 aliphatic heterocycles. The van der Waals surface area contributed by atoms with Crippen LogP contribution in [0.2, 0.25) is 0 Å². The van der Waals surface area contributed by atoms with Gasteiger partial charge in [0.15, 0.2) is 0 Å². The van der Waals surface area contributed by atoms with E-state index >= 15 is 0 Å². The van der Waals surface area contributed by atoms with E-state index in [2.05, 4.69) is 8.44 Å². The molecule has 0 aromatic carbocycles. The van der Waals surface area contributed by atoms with Gasteiger partial charge in [0, 0.05) is 0 Å². The molecule has 0 aliphatic carbocycles. The van der Waals surface area contributed by atoms with Crippen molar-refractivity contribution < 1.29 is 0 Å². The zero-order valence-corrected chi connectivity index (χ0v) is 5.14. The second-order valence-electron chi connectivity index (χ2n) is 0.533. The van der Waals surface area contributed by atoms with Gasteiger partial charge in [-0.25, -0.2) is 0 Å². The van der Waals surface area contributed by atoms with Crippen LogP contribution in [0.1, 0.15) is 6.92 Å². The summed E-state index contributed by atoms with van der Waals surface area (Å²) in [4.78, 5) is 0. The second kappa shape index (κ2) is 4.33. The Morgan fingerprint density at radius 2 is 2.40 bits per heavy atom. The molecule has 0 unspecified atom stereocenters. The minimum atomic E-state index is 0.795. The van der Waals surface area contributed by atoms with E-state index in [1.165, 1.54) is 0 Å². The van der Waals surface area contributed by atoms with E-state index in [1.807, 2.05) is 29.8 Å². The fourth-order valence-electron chi connectivity index (χ4n) is 0.0535. The number of hydrogen-bond donors (Lipinski definition) is 0. The third kappa shape index (κ3) is 4.33. The van der Waals surface area contributed by atoms with Crippen molar-refractivity contribution in [1.29, 1.82) is 0 Å². The van der Waals surface area contributed by atoms with Crippen LogP contribution in [0.3, 0.4) is 0 Å². The summed E-state index contributed by atoms with van der Waals surface area (Å²) in [6.45, 7) is 2.74. The van der Waals surface area contributed by atoms with Crippen LogP contribution in [0.5, 0.6) is 0 Å². The first-order valence-corrected chi connectivity index (χ1v) is 2.36. The molecule has 0 spiro atoms. The molecule has 0 bridgehead atoms. The maximum absolute atomic E-state index is 3.58. The first kappa shape index (κ1) is 5.33. The number of hydrogen-bond acceptors (Lipinski definition) is 2. The van der Waals surface area contributed by atoms with Gasteiger partial charge >= 0.3 is 0 Å². The summed E-state index contributed by atoms with van der Waals surface area (Å²) in [7, 11) is 0. The average molecular weight is 184 g/mol. The fraction of sp³-hybridized carbons (Fsp3) is 1.00. The van der Waals surface area contributed by atoms with Crippen molar-refractivity contribution in [1.82, 2.24) is 0 Å². The highest BCUT2D eigenvalue weighted by molar-refractivity contribution is 14.1. The predicted octanol–water partition coefficient (Wildman–Crippen LogP) is 1.81. The summed E-state index contributed by atoms with van der Waals surface area (Å²) < 4.78 is 3.45. The summed E-state index contributed by atoms with van der Waals surface area (Å²) in [6, 6.07) is 0. The Bertz CT molecular complexity index is 34.6. The molecule has 0 saturated carbocycles. The van der Waals surface area contributed by atoms with Crippen molar-refractivity contribution >= 4 is 22.9 Å². The Balaban J connectivity index is 2.62. The lowest BCUT2D eigenvalue weighted by Crippen LogP contribution is -1.54. The van der Waals surface area contributed by atoms with Crippen LogP contribution in [0.15, 0.2) is 8.44 Å². The second-order valence-corrected chi connectivity index (χ2v) is 0.965. The van der Waals surface area contributed by atoms with E-state index in [4.69, 9.17) is 0 Å². The number of halogens is 1. The summed E-state index contributed by atoms with van der Waals surface area (Å²) in [6.07, 6.45) is 0. The van der Waals surface area contributed by atoms with Crippen LogP contribution in [0, 0.1) is 0 Å². The fourth-order valence-corrected chi connectivity index (χ4v) is 0.359. The monoisotopic (exact) mass is 184 g/mol. The molecule has 30 valence electrons. The Kier molecular flexibility index (Phi) is 4.62. The van der Waals surface area contributed by atoms with Crippen molar-refractivity contribution in [3.05, 3.63) is 0 Å². The normalized spacial score (nSPS) is 10.0. The molecule has 0 aliphatic rings. The Labute approximate surface area is 45.2 Å². The SMILES string of the molecule is CCN=NI. The molecule has 0 heterocycles. The van der Waals surface area contributed by atoms with Crippen molar-refractivity contribution in [2.75, 3.05) is 6.54 Å². The lowest BCUT2D eigenvalue weighted by molar-refractivity contribution is 1.05. The molecule has 2 nitrogen and oxygen atoms in total. The minimum absolute atomic E-state index is 0.795. The summed E-state index contributed by atoms with van der Waals surface area (Å²) >= 11 is 1.85. The quantitative estimate of drug-likeness (QED) is 0.438. The average Bonchev–Trinajstić information content (AvgIpc) is 1.41. The molecular weight excluding hydrogens is 179 g/mol. The molecule has 3 heteroatoms. The van der Waals surface area contributed by atoms with E-state index in [-0.39, 0.29) is 0 Å². The van der Waals surface area contributed by atoms with Gasteiger partial charge in [-0.1, -0.05) is 0 Å². The molecule has 0 N–H and O–H groups in total. The van der Waals surface area contributed by atoms with Gasteiger partial charge in [0.1, 0.15) is 22.9 Å². The van der Waals surface area contributed by atoms with E-state index in [1.54, 1.807) is 0 Å².